The quantitative estimate of drug-likeness (QED) is 0.876. The Bertz CT molecular complexity index is 526. The van der Waals surface area contributed by atoms with Crippen molar-refractivity contribution in [1.82, 2.24) is 10.2 Å². The second kappa shape index (κ2) is 7.87. The molecule has 1 aliphatic heterocycles. The van der Waals surface area contributed by atoms with Crippen LogP contribution in [-0.2, 0) is 0 Å². The third-order valence-corrected chi connectivity index (χ3v) is 5.08. The van der Waals surface area contributed by atoms with Gasteiger partial charge in [-0.05, 0) is 56.3 Å². The van der Waals surface area contributed by atoms with Crippen molar-refractivity contribution in [2.45, 2.75) is 31.7 Å². The van der Waals surface area contributed by atoms with Gasteiger partial charge in [0, 0.05) is 24.7 Å². The van der Waals surface area contributed by atoms with Crippen LogP contribution in [0.5, 0.6) is 0 Å². The molecule has 0 spiro atoms. The molecule has 3 nitrogen and oxygen atoms in total. The van der Waals surface area contributed by atoms with E-state index in [2.05, 4.69) is 5.32 Å². The average Bonchev–Trinajstić information content (AvgIpc) is 3.32. The summed E-state index contributed by atoms with van der Waals surface area (Å²) in [7, 11) is 0. The van der Waals surface area contributed by atoms with Gasteiger partial charge in [0.15, 0.2) is 0 Å². The zero-order valence-corrected chi connectivity index (χ0v) is 14.7. The molecule has 2 fully saturated rings. The highest BCUT2D eigenvalue weighted by molar-refractivity contribution is 6.42. The number of hydrogen-bond acceptors (Lipinski definition) is 2. The van der Waals surface area contributed by atoms with E-state index in [1.54, 1.807) is 18.2 Å². The van der Waals surface area contributed by atoms with E-state index >= 15 is 0 Å². The van der Waals surface area contributed by atoms with Crippen LogP contribution in [0.15, 0.2) is 18.2 Å². The first-order valence-electron chi connectivity index (χ1n) is 7.61. The number of benzene rings is 1. The monoisotopic (exact) mass is 362 g/mol. The fraction of sp³-hybridized carbons (Fsp3) is 0.562. The molecule has 122 valence electrons. The van der Waals surface area contributed by atoms with Gasteiger partial charge in [0.1, 0.15) is 0 Å². The van der Waals surface area contributed by atoms with Crippen molar-refractivity contribution in [3.63, 3.8) is 0 Å². The van der Waals surface area contributed by atoms with Crippen LogP contribution in [0, 0.1) is 5.92 Å². The predicted molar refractivity (Wildman–Crippen MR) is 93.4 cm³/mol. The lowest BCUT2D eigenvalue weighted by Crippen LogP contribution is -2.45. The van der Waals surface area contributed by atoms with Crippen LogP contribution in [0.4, 0.5) is 0 Å². The maximum atomic E-state index is 12.4. The summed E-state index contributed by atoms with van der Waals surface area (Å²) in [5.41, 5.74) is 0.619. The number of piperidine rings is 1. The van der Waals surface area contributed by atoms with Crippen molar-refractivity contribution in [2.24, 2.45) is 5.92 Å². The third-order valence-electron chi connectivity index (χ3n) is 4.34. The summed E-state index contributed by atoms with van der Waals surface area (Å²) in [4.78, 5) is 14.4. The maximum absolute atomic E-state index is 12.4. The summed E-state index contributed by atoms with van der Waals surface area (Å²) >= 11 is 11.9. The molecule has 0 bridgehead atoms. The highest BCUT2D eigenvalue weighted by atomic mass is 35.5. The Morgan fingerprint density at radius 1 is 1.14 bits per heavy atom. The van der Waals surface area contributed by atoms with E-state index in [1.165, 1.54) is 12.8 Å². The lowest BCUT2D eigenvalue weighted by Gasteiger charge is -2.32. The number of carbonyl (C=O) groups excluding carboxylic acids is 1. The molecule has 1 aliphatic carbocycles. The van der Waals surface area contributed by atoms with Crippen LogP contribution in [0.2, 0.25) is 10.0 Å². The van der Waals surface area contributed by atoms with Crippen LogP contribution in [0.3, 0.4) is 0 Å². The minimum Gasteiger partial charge on any atom is -0.339 e. The summed E-state index contributed by atoms with van der Waals surface area (Å²) in [6.45, 7) is 2.76. The minimum absolute atomic E-state index is 0. The summed E-state index contributed by atoms with van der Waals surface area (Å²) in [5, 5.41) is 4.54. The lowest BCUT2D eigenvalue weighted by molar-refractivity contribution is 0.0705. The largest absolute Gasteiger partial charge is 0.339 e. The molecule has 1 amide bonds. The number of amides is 1. The number of nitrogens with zero attached hydrogens (tertiary/aromatic N) is 1. The Morgan fingerprint density at radius 2 is 1.82 bits per heavy atom. The topological polar surface area (TPSA) is 32.3 Å². The fourth-order valence-corrected chi connectivity index (χ4v) is 3.05. The number of nitrogens with one attached hydrogen (secondary N) is 1. The number of halogens is 3. The number of carbonyl (C=O) groups is 1. The van der Waals surface area contributed by atoms with E-state index in [-0.39, 0.29) is 18.3 Å². The van der Waals surface area contributed by atoms with Crippen molar-refractivity contribution in [3.8, 4) is 0 Å². The van der Waals surface area contributed by atoms with Crippen LogP contribution < -0.4 is 5.32 Å². The van der Waals surface area contributed by atoms with Crippen LogP contribution in [0.25, 0.3) is 0 Å². The zero-order valence-electron chi connectivity index (χ0n) is 12.4. The van der Waals surface area contributed by atoms with Crippen molar-refractivity contribution >= 4 is 41.5 Å². The molecular formula is C16H21Cl3N2O. The third kappa shape index (κ3) is 4.51. The van der Waals surface area contributed by atoms with Gasteiger partial charge in [0.25, 0.3) is 5.91 Å². The number of likely N-dealkylation sites (tertiary alicyclic amines) is 1. The standard InChI is InChI=1S/C16H20Cl2N2O.ClH/c17-14-4-3-12(9-15(14)18)16(21)20-7-5-13(6-8-20)19-10-11-1-2-11;/h3-4,9,11,13,19H,1-2,5-8,10H2;1H. The van der Waals surface area contributed by atoms with Crippen molar-refractivity contribution in [3.05, 3.63) is 33.8 Å². The summed E-state index contributed by atoms with van der Waals surface area (Å²) < 4.78 is 0. The van der Waals surface area contributed by atoms with E-state index in [4.69, 9.17) is 23.2 Å². The first-order chi connectivity index (χ1) is 10.1. The van der Waals surface area contributed by atoms with Gasteiger partial charge >= 0.3 is 0 Å². The predicted octanol–water partition coefficient (Wildman–Crippen LogP) is 4.02. The van der Waals surface area contributed by atoms with E-state index < -0.39 is 0 Å². The second-order valence-corrected chi connectivity index (χ2v) is 6.86. The molecule has 1 saturated heterocycles. The molecule has 1 heterocycles. The number of hydrogen-bond donors (Lipinski definition) is 1. The van der Waals surface area contributed by atoms with E-state index in [9.17, 15) is 4.79 Å². The Labute approximate surface area is 147 Å². The van der Waals surface area contributed by atoms with E-state index in [1.807, 2.05) is 4.90 Å². The van der Waals surface area contributed by atoms with Gasteiger partial charge in [-0.25, -0.2) is 0 Å². The number of rotatable bonds is 4. The molecule has 1 saturated carbocycles. The molecule has 6 heteroatoms. The van der Waals surface area contributed by atoms with Crippen molar-refractivity contribution in [2.75, 3.05) is 19.6 Å². The highest BCUT2D eigenvalue weighted by Gasteiger charge is 2.26. The van der Waals surface area contributed by atoms with Crippen molar-refractivity contribution < 1.29 is 4.79 Å². The molecule has 22 heavy (non-hydrogen) atoms. The highest BCUT2D eigenvalue weighted by Crippen LogP contribution is 2.28. The van der Waals surface area contributed by atoms with Crippen LogP contribution >= 0.6 is 35.6 Å². The van der Waals surface area contributed by atoms with Gasteiger partial charge in [-0.15, -0.1) is 12.4 Å². The maximum Gasteiger partial charge on any atom is 0.253 e. The zero-order chi connectivity index (χ0) is 14.8. The molecule has 0 unspecified atom stereocenters. The smallest absolute Gasteiger partial charge is 0.253 e. The summed E-state index contributed by atoms with van der Waals surface area (Å²) in [5.74, 6) is 0.954. The van der Waals surface area contributed by atoms with Gasteiger partial charge < -0.3 is 10.2 Å². The van der Waals surface area contributed by atoms with Crippen LogP contribution in [-0.4, -0.2) is 36.5 Å². The molecule has 2 aliphatic rings. The van der Waals surface area contributed by atoms with Gasteiger partial charge in [-0.1, -0.05) is 23.2 Å². The molecule has 1 aromatic carbocycles. The molecule has 0 aromatic heterocycles. The van der Waals surface area contributed by atoms with Gasteiger partial charge in [0.2, 0.25) is 0 Å². The molecule has 0 radical (unpaired) electrons. The first kappa shape index (κ1) is 17.9. The van der Waals surface area contributed by atoms with Crippen molar-refractivity contribution in [1.29, 1.82) is 0 Å². The Hall–Kier alpha value is -0.480. The van der Waals surface area contributed by atoms with E-state index in [0.29, 0.717) is 21.7 Å². The van der Waals surface area contributed by atoms with Crippen LogP contribution in [0.1, 0.15) is 36.0 Å². The molecule has 1 aromatic rings. The second-order valence-electron chi connectivity index (χ2n) is 6.05. The molecule has 0 atom stereocenters. The Morgan fingerprint density at radius 3 is 2.41 bits per heavy atom. The van der Waals surface area contributed by atoms with Gasteiger partial charge in [-0.3, -0.25) is 4.79 Å². The molecular weight excluding hydrogens is 343 g/mol. The first-order valence-corrected chi connectivity index (χ1v) is 8.37. The van der Waals surface area contributed by atoms with Gasteiger partial charge in [0.05, 0.1) is 10.0 Å². The normalized spacial score (nSPS) is 18.9. The van der Waals surface area contributed by atoms with E-state index in [0.717, 1.165) is 38.4 Å². The SMILES string of the molecule is Cl.O=C(c1ccc(Cl)c(Cl)c1)N1CCC(NCC2CC2)CC1. The summed E-state index contributed by atoms with van der Waals surface area (Å²) in [6, 6.07) is 5.64. The Kier molecular flexibility index (Phi) is 6.39. The fourth-order valence-electron chi connectivity index (χ4n) is 2.75. The Balaban J connectivity index is 0.00000176. The average molecular weight is 364 g/mol. The molecule has 3 rings (SSSR count). The van der Waals surface area contributed by atoms with Gasteiger partial charge in [-0.2, -0.15) is 0 Å². The minimum atomic E-state index is 0. The summed E-state index contributed by atoms with van der Waals surface area (Å²) in [6.07, 6.45) is 4.81. The lowest BCUT2D eigenvalue weighted by atomic mass is 10.0. The molecule has 1 N–H and O–H groups in total.